The van der Waals surface area contributed by atoms with Gasteiger partial charge >= 0.3 is 0 Å². The van der Waals surface area contributed by atoms with Crippen LogP contribution in [0.15, 0.2) is 22.7 Å². The SMILES string of the molecule is CC1COCCN1c1ccc([C@@H](C)O)cc1Br. The topological polar surface area (TPSA) is 32.7 Å². The normalized spacial score (nSPS) is 22.6. The van der Waals surface area contributed by atoms with E-state index in [0.29, 0.717) is 6.04 Å². The lowest BCUT2D eigenvalue weighted by atomic mass is 10.1. The van der Waals surface area contributed by atoms with Gasteiger partial charge in [0.05, 0.1) is 25.0 Å². The summed E-state index contributed by atoms with van der Waals surface area (Å²) in [6.07, 6.45) is -0.428. The number of hydrogen-bond donors (Lipinski definition) is 1. The molecule has 1 aliphatic heterocycles. The van der Waals surface area contributed by atoms with Crippen molar-refractivity contribution in [1.82, 2.24) is 0 Å². The molecule has 1 unspecified atom stereocenters. The molecule has 4 heteroatoms. The van der Waals surface area contributed by atoms with Crippen LogP contribution in [0.5, 0.6) is 0 Å². The van der Waals surface area contributed by atoms with E-state index in [9.17, 15) is 5.11 Å². The Bertz CT molecular complexity index is 395. The van der Waals surface area contributed by atoms with Crippen LogP contribution in [0.25, 0.3) is 0 Å². The van der Waals surface area contributed by atoms with Gasteiger partial charge in [-0.05, 0) is 47.5 Å². The second-order valence-corrected chi connectivity index (χ2v) is 5.36. The van der Waals surface area contributed by atoms with Gasteiger partial charge in [-0.15, -0.1) is 0 Å². The zero-order chi connectivity index (χ0) is 12.4. The van der Waals surface area contributed by atoms with Crippen LogP contribution in [0.1, 0.15) is 25.5 Å². The van der Waals surface area contributed by atoms with Crippen LogP contribution >= 0.6 is 15.9 Å². The fourth-order valence-corrected chi connectivity index (χ4v) is 2.73. The van der Waals surface area contributed by atoms with Crippen LogP contribution in [-0.4, -0.2) is 30.9 Å². The molecular formula is C13H18BrNO2. The molecule has 0 radical (unpaired) electrons. The summed E-state index contributed by atoms with van der Waals surface area (Å²) in [5.74, 6) is 0. The maximum absolute atomic E-state index is 9.55. The Morgan fingerprint density at radius 3 is 2.88 bits per heavy atom. The molecule has 17 heavy (non-hydrogen) atoms. The van der Waals surface area contributed by atoms with Gasteiger partial charge in [-0.25, -0.2) is 0 Å². The maximum atomic E-state index is 9.55. The minimum absolute atomic E-state index is 0.387. The Balaban J connectivity index is 2.26. The highest BCUT2D eigenvalue weighted by Gasteiger charge is 2.21. The van der Waals surface area contributed by atoms with E-state index in [1.165, 1.54) is 5.69 Å². The molecule has 2 rings (SSSR count). The number of aliphatic hydroxyl groups is 1. The summed E-state index contributed by atoms with van der Waals surface area (Å²) in [5.41, 5.74) is 2.10. The largest absolute Gasteiger partial charge is 0.389 e. The standard InChI is InChI=1S/C13H18BrNO2/c1-9-8-17-6-5-15(9)13-4-3-11(10(2)16)7-12(13)14/h3-4,7,9-10,16H,5-6,8H2,1-2H3/t9?,10-/m1/s1. The summed E-state index contributed by atoms with van der Waals surface area (Å²) in [5, 5.41) is 9.55. The molecule has 1 aromatic carbocycles. The molecule has 3 nitrogen and oxygen atoms in total. The van der Waals surface area contributed by atoms with Crippen molar-refractivity contribution in [3.63, 3.8) is 0 Å². The van der Waals surface area contributed by atoms with Crippen molar-refractivity contribution in [2.75, 3.05) is 24.7 Å². The van der Waals surface area contributed by atoms with E-state index in [0.717, 1.165) is 29.8 Å². The minimum Gasteiger partial charge on any atom is -0.389 e. The van der Waals surface area contributed by atoms with Gasteiger partial charge in [-0.3, -0.25) is 0 Å². The lowest BCUT2D eigenvalue weighted by Crippen LogP contribution is -2.43. The Labute approximate surface area is 111 Å². The van der Waals surface area contributed by atoms with Gasteiger partial charge in [0, 0.05) is 17.1 Å². The van der Waals surface area contributed by atoms with Crippen molar-refractivity contribution in [1.29, 1.82) is 0 Å². The molecule has 1 N–H and O–H groups in total. The van der Waals surface area contributed by atoms with E-state index < -0.39 is 6.10 Å². The second-order valence-electron chi connectivity index (χ2n) is 4.50. The Morgan fingerprint density at radius 2 is 2.29 bits per heavy atom. The third-order valence-corrected chi connectivity index (χ3v) is 3.77. The lowest BCUT2D eigenvalue weighted by Gasteiger charge is -2.36. The molecule has 1 fully saturated rings. The third kappa shape index (κ3) is 2.81. The molecular weight excluding hydrogens is 282 g/mol. The Hall–Kier alpha value is -0.580. The monoisotopic (exact) mass is 299 g/mol. The van der Waals surface area contributed by atoms with Gasteiger partial charge < -0.3 is 14.7 Å². The van der Waals surface area contributed by atoms with Gasteiger partial charge in [0.25, 0.3) is 0 Å². The molecule has 2 atom stereocenters. The number of hydrogen-bond acceptors (Lipinski definition) is 3. The van der Waals surface area contributed by atoms with Crippen LogP contribution < -0.4 is 4.90 Å². The van der Waals surface area contributed by atoms with Gasteiger partial charge in [0.15, 0.2) is 0 Å². The van der Waals surface area contributed by atoms with E-state index in [-0.39, 0.29) is 0 Å². The average Bonchev–Trinajstić information content (AvgIpc) is 2.30. The average molecular weight is 300 g/mol. The van der Waals surface area contributed by atoms with Crippen molar-refractivity contribution in [3.8, 4) is 0 Å². The van der Waals surface area contributed by atoms with Crippen molar-refractivity contribution in [3.05, 3.63) is 28.2 Å². The van der Waals surface area contributed by atoms with Crippen LogP contribution in [0.3, 0.4) is 0 Å². The summed E-state index contributed by atoms with van der Waals surface area (Å²) < 4.78 is 6.47. The molecule has 1 heterocycles. The predicted molar refractivity (Wildman–Crippen MR) is 72.4 cm³/mol. The number of ether oxygens (including phenoxy) is 1. The predicted octanol–water partition coefficient (Wildman–Crippen LogP) is 2.73. The zero-order valence-electron chi connectivity index (χ0n) is 10.2. The number of aliphatic hydroxyl groups excluding tert-OH is 1. The summed E-state index contributed by atoms with van der Waals surface area (Å²) in [6.45, 7) is 6.39. The van der Waals surface area contributed by atoms with Gasteiger partial charge in [-0.1, -0.05) is 6.07 Å². The third-order valence-electron chi connectivity index (χ3n) is 3.13. The number of benzene rings is 1. The van der Waals surface area contributed by atoms with Crippen molar-refractivity contribution < 1.29 is 9.84 Å². The smallest absolute Gasteiger partial charge is 0.0762 e. The maximum Gasteiger partial charge on any atom is 0.0762 e. The lowest BCUT2D eigenvalue weighted by molar-refractivity contribution is 0.0989. The molecule has 0 aliphatic carbocycles. The highest BCUT2D eigenvalue weighted by molar-refractivity contribution is 9.10. The van der Waals surface area contributed by atoms with Crippen LogP contribution in [0, 0.1) is 0 Å². The molecule has 0 amide bonds. The molecule has 1 aromatic rings. The molecule has 1 saturated heterocycles. The van der Waals surface area contributed by atoms with Crippen molar-refractivity contribution >= 4 is 21.6 Å². The summed E-state index contributed by atoms with van der Waals surface area (Å²) in [7, 11) is 0. The summed E-state index contributed by atoms with van der Waals surface area (Å²) in [4.78, 5) is 2.33. The zero-order valence-corrected chi connectivity index (χ0v) is 11.8. The summed E-state index contributed by atoms with van der Waals surface area (Å²) >= 11 is 3.58. The number of nitrogens with zero attached hydrogens (tertiary/aromatic N) is 1. The Morgan fingerprint density at radius 1 is 1.53 bits per heavy atom. The number of morpholine rings is 1. The minimum atomic E-state index is -0.428. The van der Waals surface area contributed by atoms with Crippen molar-refractivity contribution in [2.24, 2.45) is 0 Å². The first kappa shape index (κ1) is 12.9. The molecule has 0 bridgehead atoms. The first-order valence-electron chi connectivity index (χ1n) is 5.91. The quantitative estimate of drug-likeness (QED) is 0.911. The number of anilines is 1. The van der Waals surface area contributed by atoms with Crippen LogP contribution in [0.2, 0.25) is 0 Å². The van der Waals surface area contributed by atoms with Crippen LogP contribution in [-0.2, 0) is 4.74 Å². The van der Waals surface area contributed by atoms with Gasteiger partial charge in [0.2, 0.25) is 0 Å². The van der Waals surface area contributed by atoms with E-state index in [1.807, 2.05) is 12.1 Å². The molecule has 0 aromatic heterocycles. The highest BCUT2D eigenvalue weighted by atomic mass is 79.9. The van der Waals surface area contributed by atoms with Gasteiger partial charge in [0.1, 0.15) is 0 Å². The fraction of sp³-hybridized carbons (Fsp3) is 0.538. The van der Waals surface area contributed by atoms with Gasteiger partial charge in [-0.2, -0.15) is 0 Å². The number of halogens is 1. The highest BCUT2D eigenvalue weighted by Crippen LogP contribution is 2.31. The molecule has 94 valence electrons. The molecule has 0 spiro atoms. The van der Waals surface area contributed by atoms with E-state index in [2.05, 4.69) is 33.8 Å². The van der Waals surface area contributed by atoms with Crippen LogP contribution in [0.4, 0.5) is 5.69 Å². The Kier molecular flexibility index (Phi) is 4.07. The second kappa shape index (κ2) is 5.38. The molecule has 0 saturated carbocycles. The fourth-order valence-electron chi connectivity index (χ4n) is 2.10. The number of rotatable bonds is 2. The molecule has 1 aliphatic rings. The first-order valence-corrected chi connectivity index (χ1v) is 6.71. The van der Waals surface area contributed by atoms with Crippen molar-refractivity contribution in [2.45, 2.75) is 26.0 Å². The van der Waals surface area contributed by atoms with E-state index >= 15 is 0 Å². The first-order chi connectivity index (χ1) is 8.09. The van der Waals surface area contributed by atoms with E-state index in [4.69, 9.17) is 4.74 Å². The summed E-state index contributed by atoms with van der Waals surface area (Å²) in [6, 6.07) is 6.42. The van der Waals surface area contributed by atoms with E-state index in [1.54, 1.807) is 6.92 Å².